The van der Waals surface area contributed by atoms with Gasteiger partial charge in [-0.1, -0.05) is 0 Å². The molecule has 108 valence electrons. The number of ether oxygens (including phenoxy) is 1. The van der Waals surface area contributed by atoms with Gasteiger partial charge in [0.25, 0.3) is 0 Å². The van der Waals surface area contributed by atoms with Crippen LogP contribution in [0.3, 0.4) is 0 Å². The van der Waals surface area contributed by atoms with Gasteiger partial charge < -0.3 is 24.6 Å². The monoisotopic (exact) mass is 278 g/mol. The zero-order valence-electron chi connectivity index (χ0n) is 11.4. The van der Waals surface area contributed by atoms with Crippen molar-refractivity contribution < 1.29 is 20.1 Å². The molecule has 1 fully saturated rings. The average molecular weight is 278 g/mol. The molecule has 1 aromatic heterocycles. The third-order valence-corrected chi connectivity index (χ3v) is 3.98. The van der Waals surface area contributed by atoms with Gasteiger partial charge in [0.1, 0.15) is 18.3 Å². The molecule has 6 heteroatoms. The molecule has 1 aromatic carbocycles. The highest BCUT2D eigenvalue weighted by atomic mass is 16.6. The van der Waals surface area contributed by atoms with Gasteiger partial charge in [-0.15, -0.1) is 0 Å². The fourth-order valence-corrected chi connectivity index (χ4v) is 2.60. The van der Waals surface area contributed by atoms with Gasteiger partial charge in [0.2, 0.25) is 0 Å². The molecule has 20 heavy (non-hydrogen) atoms. The third-order valence-electron chi connectivity index (χ3n) is 3.98. The van der Waals surface area contributed by atoms with E-state index in [0.29, 0.717) is 0 Å². The Morgan fingerprint density at radius 1 is 1.20 bits per heavy atom. The fourth-order valence-electron chi connectivity index (χ4n) is 2.60. The summed E-state index contributed by atoms with van der Waals surface area (Å²) in [5.41, 5.74) is 3.91. The topological polar surface area (TPSA) is 87.7 Å². The molecule has 4 atom stereocenters. The summed E-state index contributed by atoms with van der Waals surface area (Å²) in [4.78, 5) is 4.30. The number of nitrogens with zero attached hydrogens (tertiary/aromatic N) is 2. The second-order valence-corrected chi connectivity index (χ2v) is 5.31. The van der Waals surface area contributed by atoms with Gasteiger partial charge in [-0.2, -0.15) is 0 Å². The lowest BCUT2D eigenvalue weighted by molar-refractivity contribution is -0.0508. The van der Waals surface area contributed by atoms with Gasteiger partial charge in [-0.05, 0) is 37.1 Å². The fraction of sp³-hybridized carbons (Fsp3) is 0.500. The van der Waals surface area contributed by atoms with E-state index in [0.717, 1.165) is 22.2 Å². The quantitative estimate of drug-likeness (QED) is 0.733. The highest BCUT2D eigenvalue weighted by molar-refractivity contribution is 5.77. The van der Waals surface area contributed by atoms with Crippen molar-refractivity contribution in [1.29, 1.82) is 0 Å². The van der Waals surface area contributed by atoms with Crippen LogP contribution in [0.1, 0.15) is 17.4 Å². The van der Waals surface area contributed by atoms with Crippen LogP contribution in [0, 0.1) is 13.8 Å². The van der Waals surface area contributed by atoms with E-state index in [4.69, 9.17) is 9.84 Å². The molecule has 2 heterocycles. The van der Waals surface area contributed by atoms with Gasteiger partial charge in [-0.3, -0.25) is 0 Å². The summed E-state index contributed by atoms with van der Waals surface area (Å²) in [7, 11) is 0. The summed E-state index contributed by atoms with van der Waals surface area (Å²) in [6, 6.07) is 3.95. The molecule has 0 amide bonds. The summed E-state index contributed by atoms with van der Waals surface area (Å²) < 4.78 is 7.23. The number of hydrogen-bond acceptors (Lipinski definition) is 5. The SMILES string of the molecule is Cc1cc2ncn(C3O[C@H](CO)[C@@H](O)[C@H]3O)c2cc1C. The van der Waals surface area contributed by atoms with Crippen molar-refractivity contribution in [2.75, 3.05) is 6.61 Å². The zero-order valence-corrected chi connectivity index (χ0v) is 11.4. The first-order valence-electron chi connectivity index (χ1n) is 6.59. The maximum absolute atomic E-state index is 10.1. The highest BCUT2D eigenvalue weighted by Gasteiger charge is 2.43. The first kappa shape index (κ1) is 13.5. The Morgan fingerprint density at radius 2 is 1.90 bits per heavy atom. The van der Waals surface area contributed by atoms with E-state index >= 15 is 0 Å². The van der Waals surface area contributed by atoms with Gasteiger partial charge in [0, 0.05) is 0 Å². The van der Waals surface area contributed by atoms with Crippen LogP contribution in [-0.2, 0) is 4.74 Å². The van der Waals surface area contributed by atoms with Gasteiger partial charge in [0.15, 0.2) is 6.23 Å². The number of aliphatic hydroxyl groups excluding tert-OH is 3. The predicted octanol–water partition coefficient (Wildman–Crippen LogP) is 0.265. The minimum atomic E-state index is -1.10. The van der Waals surface area contributed by atoms with Gasteiger partial charge >= 0.3 is 0 Å². The minimum absolute atomic E-state index is 0.334. The standard InChI is InChI=1S/C14H18N2O4/c1-7-3-9-10(4-8(7)2)16(6-15-9)14-13(19)12(18)11(5-17)20-14/h3-4,6,11-14,17-19H,5H2,1-2H3/t11-,12-,13-,14?/m1/s1. The second kappa shape index (κ2) is 4.82. The van der Waals surface area contributed by atoms with Gasteiger partial charge in [-0.25, -0.2) is 4.98 Å². The molecule has 0 bridgehead atoms. The molecule has 6 nitrogen and oxygen atoms in total. The molecule has 2 aromatic rings. The normalized spacial score (nSPS) is 30.2. The number of hydrogen-bond donors (Lipinski definition) is 3. The van der Waals surface area contributed by atoms with E-state index in [9.17, 15) is 10.2 Å². The molecule has 0 spiro atoms. The average Bonchev–Trinajstić information content (AvgIpc) is 2.94. The Balaban J connectivity index is 2.05. The van der Waals surface area contributed by atoms with E-state index in [1.807, 2.05) is 26.0 Å². The lowest BCUT2D eigenvalue weighted by atomic mass is 10.1. The van der Waals surface area contributed by atoms with Crippen molar-refractivity contribution in [3.8, 4) is 0 Å². The van der Waals surface area contributed by atoms with Crippen molar-refractivity contribution in [1.82, 2.24) is 9.55 Å². The number of fused-ring (bicyclic) bond motifs is 1. The minimum Gasteiger partial charge on any atom is -0.394 e. The molecule has 0 saturated carbocycles. The highest BCUT2D eigenvalue weighted by Crippen LogP contribution is 2.32. The summed E-state index contributed by atoms with van der Waals surface area (Å²) in [6.07, 6.45) is -2.13. The van der Waals surface area contributed by atoms with Crippen LogP contribution in [0.25, 0.3) is 11.0 Å². The van der Waals surface area contributed by atoms with Crippen molar-refractivity contribution in [3.63, 3.8) is 0 Å². The molecule has 1 saturated heterocycles. The smallest absolute Gasteiger partial charge is 0.164 e. The molecule has 1 aliphatic rings. The maximum Gasteiger partial charge on any atom is 0.164 e. The van der Waals surface area contributed by atoms with E-state index in [1.165, 1.54) is 0 Å². The Labute approximate surface area is 116 Å². The Kier molecular flexibility index (Phi) is 3.25. The van der Waals surface area contributed by atoms with Crippen LogP contribution in [0.5, 0.6) is 0 Å². The van der Waals surface area contributed by atoms with E-state index in [1.54, 1.807) is 10.9 Å². The predicted molar refractivity (Wildman–Crippen MR) is 72.2 cm³/mol. The van der Waals surface area contributed by atoms with Crippen molar-refractivity contribution in [2.24, 2.45) is 0 Å². The number of aryl methyl sites for hydroxylation is 2. The summed E-state index contributed by atoms with van der Waals surface area (Å²) in [5, 5.41) is 29.1. The third kappa shape index (κ3) is 1.92. The van der Waals surface area contributed by atoms with Crippen molar-refractivity contribution in [2.45, 2.75) is 38.4 Å². The van der Waals surface area contributed by atoms with Crippen LogP contribution in [-0.4, -0.2) is 49.8 Å². The largest absolute Gasteiger partial charge is 0.394 e. The molecule has 0 aliphatic carbocycles. The molecule has 1 unspecified atom stereocenters. The Morgan fingerprint density at radius 3 is 2.55 bits per heavy atom. The van der Waals surface area contributed by atoms with Crippen molar-refractivity contribution >= 4 is 11.0 Å². The Hall–Kier alpha value is -1.47. The van der Waals surface area contributed by atoms with E-state index in [2.05, 4.69) is 4.98 Å². The molecule has 1 aliphatic heterocycles. The maximum atomic E-state index is 10.1. The molecular formula is C14H18N2O4. The molecule has 3 rings (SSSR count). The number of aliphatic hydroxyl groups is 3. The van der Waals surface area contributed by atoms with E-state index in [-0.39, 0.29) is 6.61 Å². The lowest BCUT2D eigenvalue weighted by Crippen LogP contribution is -2.33. The molecule has 0 radical (unpaired) electrons. The number of imidazole rings is 1. The number of benzene rings is 1. The second-order valence-electron chi connectivity index (χ2n) is 5.31. The van der Waals surface area contributed by atoms with Gasteiger partial charge in [0.05, 0.1) is 24.0 Å². The first-order valence-corrected chi connectivity index (χ1v) is 6.59. The molecule has 3 N–H and O–H groups in total. The summed E-state index contributed by atoms with van der Waals surface area (Å²) >= 11 is 0. The zero-order chi connectivity index (χ0) is 14.4. The molecular weight excluding hydrogens is 260 g/mol. The van der Waals surface area contributed by atoms with Crippen LogP contribution in [0.15, 0.2) is 18.5 Å². The first-order chi connectivity index (χ1) is 9.52. The Bertz CT molecular complexity index is 639. The summed E-state index contributed by atoms with van der Waals surface area (Å²) in [6.45, 7) is 3.68. The van der Waals surface area contributed by atoms with E-state index < -0.39 is 24.5 Å². The number of rotatable bonds is 2. The van der Waals surface area contributed by atoms with Crippen LogP contribution in [0.2, 0.25) is 0 Å². The summed E-state index contributed by atoms with van der Waals surface area (Å²) in [5.74, 6) is 0. The van der Waals surface area contributed by atoms with Crippen LogP contribution < -0.4 is 0 Å². The number of aromatic nitrogens is 2. The van der Waals surface area contributed by atoms with Crippen LogP contribution >= 0.6 is 0 Å². The lowest BCUT2D eigenvalue weighted by Gasteiger charge is -2.17. The van der Waals surface area contributed by atoms with Crippen molar-refractivity contribution in [3.05, 3.63) is 29.6 Å². The van der Waals surface area contributed by atoms with Crippen LogP contribution in [0.4, 0.5) is 0 Å².